The van der Waals surface area contributed by atoms with Gasteiger partial charge in [-0.05, 0) is 35.1 Å². The standard InChI is InChI=1S/C15H14N2OS2/c1-9(2)10-5-6-11-13(8-10)20-15(16-11)17-14(18)12-4-3-7-19-12/h3-9H,1-2H3,(H,16,17,18). The first-order chi connectivity index (χ1) is 9.63. The molecule has 1 amide bonds. The van der Waals surface area contributed by atoms with Crippen LogP contribution in [0.5, 0.6) is 0 Å². The van der Waals surface area contributed by atoms with E-state index in [1.165, 1.54) is 28.2 Å². The van der Waals surface area contributed by atoms with Crippen LogP contribution in [0.15, 0.2) is 35.7 Å². The van der Waals surface area contributed by atoms with Gasteiger partial charge >= 0.3 is 0 Å². The van der Waals surface area contributed by atoms with Gasteiger partial charge in [-0.25, -0.2) is 4.98 Å². The summed E-state index contributed by atoms with van der Waals surface area (Å²) in [4.78, 5) is 17.1. The average Bonchev–Trinajstić information content (AvgIpc) is 3.06. The third kappa shape index (κ3) is 2.59. The molecule has 5 heteroatoms. The van der Waals surface area contributed by atoms with E-state index in [1.54, 1.807) is 0 Å². The van der Waals surface area contributed by atoms with E-state index in [9.17, 15) is 4.79 Å². The van der Waals surface area contributed by atoms with Crippen molar-refractivity contribution in [1.82, 2.24) is 4.98 Å². The lowest BCUT2D eigenvalue weighted by Gasteiger charge is -2.03. The molecule has 20 heavy (non-hydrogen) atoms. The van der Waals surface area contributed by atoms with Gasteiger partial charge in [0, 0.05) is 0 Å². The van der Waals surface area contributed by atoms with Crippen molar-refractivity contribution < 1.29 is 4.79 Å². The molecule has 0 bridgehead atoms. The summed E-state index contributed by atoms with van der Waals surface area (Å²) >= 11 is 2.94. The molecule has 0 unspecified atom stereocenters. The summed E-state index contributed by atoms with van der Waals surface area (Å²) in [6.45, 7) is 4.34. The van der Waals surface area contributed by atoms with Gasteiger partial charge in [0.15, 0.2) is 5.13 Å². The molecule has 0 aliphatic rings. The number of nitrogens with one attached hydrogen (secondary N) is 1. The normalized spacial score (nSPS) is 11.2. The highest BCUT2D eigenvalue weighted by Crippen LogP contribution is 2.29. The number of nitrogens with zero attached hydrogens (tertiary/aromatic N) is 1. The first-order valence-electron chi connectivity index (χ1n) is 6.39. The molecule has 0 saturated carbocycles. The van der Waals surface area contributed by atoms with Crippen molar-refractivity contribution >= 4 is 43.9 Å². The van der Waals surface area contributed by atoms with E-state index >= 15 is 0 Å². The maximum atomic E-state index is 12.0. The number of hydrogen-bond donors (Lipinski definition) is 1. The van der Waals surface area contributed by atoms with Gasteiger partial charge in [0.05, 0.1) is 15.1 Å². The molecule has 2 heterocycles. The molecule has 3 rings (SSSR count). The zero-order valence-corrected chi connectivity index (χ0v) is 12.8. The number of benzene rings is 1. The summed E-state index contributed by atoms with van der Waals surface area (Å²) in [5, 5.41) is 5.40. The van der Waals surface area contributed by atoms with Crippen LogP contribution >= 0.6 is 22.7 Å². The quantitative estimate of drug-likeness (QED) is 0.759. The molecular formula is C15H14N2OS2. The number of thiazole rings is 1. The van der Waals surface area contributed by atoms with Crippen LogP contribution in [-0.2, 0) is 0 Å². The highest BCUT2D eigenvalue weighted by molar-refractivity contribution is 7.22. The molecule has 0 aliphatic heterocycles. The van der Waals surface area contributed by atoms with E-state index in [4.69, 9.17) is 0 Å². The summed E-state index contributed by atoms with van der Waals surface area (Å²) < 4.78 is 1.11. The largest absolute Gasteiger partial charge is 0.297 e. The molecule has 0 saturated heterocycles. The Hall–Kier alpha value is -1.72. The third-order valence-corrected chi connectivity index (χ3v) is 4.85. The summed E-state index contributed by atoms with van der Waals surface area (Å²) in [5.74, 6) is 0.397. The molecule has 0 radical (unpaired) electrons. The number of aromatic nitrogens is 1. The summed E-state index contributed by atoms with van der Waals surface area (Å²) in [7, 11) is 0. The second kappa shape index (κ2) is 5.34. The monoisotopic (exact) mass is 302 g/mol. The van der Waals surface area contributed by atoms with Crippen LogP contribution in [0.1, 0.15) is 35.0 Å². The maximum absolute atomic E-state index is 12.0. The lowest BCUT2D eigenvalue weighted by molar-refractivity contribution is 0.103. The van der Waals surface area contributed by atoms with E-state index in [0.717, 1.165) is 10.2 Å². The maximum Gasteiger partial charge on any atom is 0.267 e. The molecule has 1 aromatic carbocycles. The first kappa shape index (κ1) is 13.3. The predicted octanol–water partition coefficient (Wildman–Crippen LogP) is 4.73. The van der Waals surface area contributed by atoms with E-state index in [2.05, 4.69) is 36.3 Å². The van der Waals surface area contributed by atoms with E-state index in [1.807, 2.05) is 23.6 Å². The minimum Gasteiger partial charge on any atom is -0.297 e. The van der Waals surface area contributed by atoms with Gasteiger partial charge in [0.25, 0.3) is 5.91 Å². The fraction of sp³-hybridized carbons (Fsp3) is 0.200. The topological polar surface area (TPSA) is 42.0 Å². The molecule has 102 valence electrons. The second-order valence-corrected chi connectivity index (χ2v) is 6.81. The minimum absolute atomic E-state index is 0.0943. The zero-order valence-electron chi connectivity index (χ0n) is 11.2. The second-order valence-electron chi connectivity index (χ2n) is 4.83. The zero-order chi connectivity index (χ0) is 14.1. The number of anilines is 1. The summed E-state index contributed by atoms with van der Waals surface area (Å²) in [6, 6.07) is 9.94. The molecule has 0 atom stereocenters. The number of thiophene rings is 1. The average molecular weight is 302 g/mol. The van der Waals surface area contributed by atoms with Crippen LogP contribution < -0.4 is 5.32 Å². The Morgan fingerprint density at radius 3 is 2.85 bits per heavy atom. The van der Waals surface area contributed by atoms with Crippen LogP contribution in [0, 0.1) is 0 Å². The van der Waals surface area contributed by atoms with Crippen LogP contribution in [0.2, 0.25) is 0 Å². The molecular weight excluding hydrogens is 288 g/mol. The smallest absolute Gasteiger partial charge is 0.267 e. The van der Waals surface area contributed by atoms with Crippen LogP contribution in [-0.4, -0.2) is 10.9 Å². The molecule has 3 aromatic rings. The Morgan fingerprint density at radius 1 is 1.30 bits per heavy atom. The van der Waals surface area contributed by atoms with Crippen molar-refractivity contribution in [3.63, 3.8) is 0 Å². The van der Waals surface area contributed by atoms with Crippen molar-refractivity contribution in [2.24, 2.45) is 0 Å². The Morgan fingerprint density at radius 2 is 2.15 bits per heavy atom. The van der Waals surface area contributed by atoms with Gasteiger partial charge in [-0.1, -0.05) is 37.3 Å². The van der Waals surface area contributed by atoms with E-state index in [0.29, 0.717) is 15.9 Å². The highest BCUT2D eigenvalue weighted by atomic mass is 32.1. The predicted molar refractivity (Wildman–Crippen MR) is 86.0 cm³/mol. The van der Waals surface area contributed by atoms with Crippen LogP contribution in [0.4, 0.5) is 5.13 Å². The van der Waals surface area contributed by atoms with Crippen molar-refractivity contribution in [3.8, 4) is 0 Å². The molecule has 0 fully saturated rings. The Balaban J connectivity index is 1.87. The van der Waals surface area contributed by atoms with Crippen molar-refractivity contribution in [2.75, 3.05) is 5.32 Å². The number of rotatable bonds is 3. The number of carbonyl (C=O) groups is 1. The van der Waals surface area contributed by atoms with Gasteiger partial charge in [-0.3, -0.25) is 10.1 Å². The Kier molecular flexibility index (Phi) is 3.54. The summed E-state index contributed by atoms with van der Waals surface area (Å²) in [5.41, 5.74) is 2.22. The van der Waals surface area contributed by atoms with Crippen molar-refractivity contribution in [1.29, 1.82) is 0 Å². The highest BCUT2D eigenvalue weighted by Gasteiger charge is 2.11. The van der Waals surface area contributed by atoms with Gasteiger partial charge in [-0.15, -0.1) is 11.3 Å². The number of carbonyl (C=O) groups excluding carboxylic acids is 1. The Bertz CT molecular complexity index is 744. The SMILES string of the molecule is CC(C)c1ccc2nc(NC(=O)c3cccs3)sc2c1. The number of hydrogen-bond acceptors (Lipinski definition) is 4. The minimum atomic E-state index is -0.0943. The van der Waals surface area contributed by atoms with Gasteiger partial charge in [0.2, 0.25) is 0 Å². The van der Waals surface area contributed by atoms with E-state index < -0.39 is 0 Å². The summed E-state index contributed by atoms with van der Waals surface area (Å²) in [6.07, 6.45) is 0. The van der Waals surface area contributed by atoms with Gasteiger partial charge in [-0.2, -0.15) is 0 Å². The van der Waals surface area contributed by atoms with E-state index in [-0.39, 0.29) is 5.91 Å². The Labute approximate surface area is 125 Å². The number of amides is 1. The molecule has 3 nitrogen and oxygen atoms in total. The number of fused-ring (bicyclic) bond motifs is 1. The molecule has 2 aromatic heterocycles. The fourth-order valence-electron chi connectivity index (χ4n) is 1.92. The molecule has 1 N–H and O–H groups in total. The lowest BCUT2D eigenvalue weighted by Crippen LogP contribution is -2.09. The lowest BCUT2D eigenvalue weighted by atomic mass is 10.0. The van der Waals surface area contributed by atoms with Crippen molar-refractivity contribution in [3.05, 3.63) is 46.2 Å². The molecule has 0 aliphatic carbocycles. The van der Waals surface area contributed by atoms with Crippen LogP contribution in [0.3, 0.4) is 0 Å². The van der Waals surface area contributed by atoms with Gasteiger partial charge in [0.1, 0.15) is 0 Å². The third-order valence-electron chi connectivity index (χ3n) is 3.04. The molecule has 0 spiro atoms. The van der Waals surface area contributed by atoms with Crippen molar-refractivity contribution in [2.45, 2.75) is 19.8 Å². The fourth-order valence-corrected chi connectivity index (χ4v) is 3.45. The first-order valence-corrected chi connectivity index (χ1v) is 8.08. The van der Waals surface area contributed by atoms with Gasteiger partial charge < -0.3 is 0 Å². The van der Waals surface area contributed by atoms with Crippen LogP contribution in [0.25, 0.3) is 10.2 Å².